The van der Waals surface area contributed by atoms with Gasteiger partial charge in [0.2, 0.25) is 11.8 Å². The molecule has 2 fully saturated rings. The van der Waals surface area contributed by atoms with E-state index in [1.54, 1.807) is 12.0 Å². The van der Waals surface area contributed by atoms with Crippen molar-refractivity contribution in [1.82, 2.24) is 14.7 Å². The van der Waals surface area contributed by atoms with E-state index in [9.17, 15) is 9.59 Å². The van der Waals surface area contributed by atoms with Gasteiger partial charge in [0.05, 0.1) is 13.7 Å². The lowest BCUT2D eigenvalue weighted by Gasteiger charge is -2.34. The number of amides is 2. The summed E-state index contributed by atoms with van der Waals surface area (Å²) >= 11 is 0. The molecule has 0 aliphatic carbocycles. The first kappa shape index (κ1) is 21.6. The molecule has 0 unspecified atom stereocenters. The van der Waals surface area contributed by atoms with E-state index in [0.717, 1.165) is 70.6 Å². The summed E-state index contributed by atoms with van der Waals surface area (Å²) < 4.78 is 5.21. The van der Waals surface area contributed by atoms with E-state index in [0.29, 0.717) is 12.3 Å². The minimum Gasteiger partial charge on any atom is -0.497 e. The Hall–Kier alpha value is -2.08. The first-order chi connectivity index (χ1) is 14.0. The van der Waals surface area contributed by atoms with Gasteiger partial charge < -0.3 is 19.4 Å². The number of likely N-dealkylation sites (tertiary alicyclic amines) is 2. The molecule has 160 valence electrons. The van der Waals surface area contributed by atoms with Crippen LogP contribution in [-0.2, 0) is 16.0 Å². The number of nitrogens with zero attached hydrogens (tertiary/aromatic N) is 3. The molecule has 0 radical (unpaired) electrons. The molecule has 0 saturated carbocycles. The van der Waals surface area contributed by atoms with Crippen LogP contribution in [0.15, 0.2) is 24.3 Å². The van der Waals surface area contributed by atoms with Crippen molar-refractivity contribution in [2.45, 2.75) is 38.5 Å². The van der Waals surface area contributed by atoms with Crippen LogP contribution in [0.5, 0.6) is 5.75 Å². The highest BCUT2D eigenvalue weighted by Crippen LogP contribution is 2.19. The van der Waals surface area contributed by atoms with E-state index in [1.807, 2.05) is 24.1 Å². The molecule has 0 N–H and O–H groups in total. The topological polar surface area (TPSA) is 53.1 Å². The van der Waals surface area contributed by atoms with Crippen molar-refractivity contribution in [3.05, 3.63) is 29.8 Å². The maximum Gasteiger partial charge on any atom is 0.241 e. The van der Waals surface area contributed by atoms with E-state index in [1.165, 1.54) is 5.56 Å². The second kappa shape index (κ2) is 10.6. The molecule has 1 aromatic rings. The lowest BCUT2D eigenvalue weighted by atomic mass is 9.96. The Labute approximate surface area is 174 Å². The Bertz CT molecular complexity index is 668. The number of likely N-dealkylation sites (N-methyl/N-ethyl adjacent to an activating group) is 1. The molecule has 29 heavy (non-hydrogen) atoms. The van der Waals surface area contributed by atoms with E-state index < -0.39 is 0 Å². The van der Waals surface area contributed by atoms with Gasteiger partial charge in [-0.3, -0.25) is 9.59 Å². The van der Waals surface area contributed by atoms with Crippen LogP contribution in [-0.4, -0.2) is 79.9 Å². The summed E-state index contributed by atoms with van der Waals surface area (Å²) in [6.45, 7) is 5.03. The monoisotopic (exact) mass is 401 g/mol. The molecule has 3 rings (SSSR count). The third-order valence-corrected chi connectivity index (χ3v) is 6.29. The minimum atomic E-state index is 0.0715. The highest BCUT2D eigenvalue weighted by Gasteiger charge is 2.25. The molecule has 2 saturated heterocycles. The van der Waals surface area contributed by atoms with E-state index in [2.05, 4.69) is 17.0 Å². The number of methoxy groups -OCH3 is 1. The first-order valence-corrected chi connectivity index (χ1v) is 10.9. The Morgan fingerprint density at radius 1 is 1.14 bits per heavy atom. The zero-order valence-corrected chi connectivity index (χ0v) is 17.9. The third kappa shape index (κ3) is 6.46. The van der Waals surface area contributed by atoms with Crippen LogP contribution in [0.1, 0.15) is 37.7 Å². The quantitative estimate of drug-likeness (QED) is 0.671. The fraction of sp³-hybridized carbons (Fsp3) is 0.652. The van der Waals surface area contributed by atoms with Crippen LogP contribution in [0.3, 0.4) is 0 Å². The lowest BCUT2D eigenvalue weighted by molar-refractivity contribution is -0.141. The Morgan fingerprint density at radius 3 is 2.52 bits per heavy atom. The number of hydrogen-bond donors (Lipinski definition) is 0. The predicted octanol–water partition coefficient (Wildman–Crippen LogP) is 2.42. The third-order valence-electron chi connectivity index (χ3n) is 6.29. The van der Waals surface area contributed by atoms with Crippen LogP contribution >= 0.6 is 0 Å². The molecule has 2 heterocycles. The van der Waals surface area contributed by atoms with Crippen LogP contribution in [0.4, 0.5) is 0 Å². The molecule has 6 nitrogen and oxygen atoms in total. The van der Waals surface area contributed by atoms with Gasteiger partial charge in [-0.05, 0) is 68.8 Å². The van der Waals surface area contributed by atoms with Gasteiger partial charge in [0.25, 0.3) is 0 Å². The first-order valence-electron chi connectivity index (χ1n) is 10.9. The summed E-state index contributed by atoms with van der Waals surface area (Å²) in [4.78, 5) is 30.5. The molecule has 0 atom stereocenters. The van der Waals surface area contributed by atoms with E-state index >= 15 is 0 Å². The number of piperidine rings is 2. The number of rotatable bonds is 8. The van der Waals surface area contributed by atoms with Gasteiger partial charge >= 0.3 is 0 Å². The number of benzene rings is 1. The van der Waals surface area contributed by atoms with Crippen LogP contribution < -0.4 is 4.74 Å². The lowest BCUT2D eigenvalue weighted by Crippen LogP contribution is -2.45. The maximum absolute atomic E-state index is 12.5. The van der Waals surface area contributed by atoms with Gasteiger partial charge in [-0.2, -0.15) is 0 Å². The minimum absolute atomic E-state index is 0.0715. The van der Waals surface area contributed by atoms with E-state index in [4.69, 9.17) is 4.74 Å². The largest absolute Gasteiger partial charge is 0.497 e. The Balaban J connectivity index is 1.35. The average Bonchev–Trinajstić information content (AvgIpc) is 2.75. The zero-order chi connectivity index (χ0) is 20.6. The van der Waals surface area contributed by atoms with Crippen molar-refractivity contribution in [2.24, 2.45) is 5.92 Å². The maximum atomic E-state index is 12.5. The number of carbonyl (C=O) groups is 2. The fourth-order valence-electron chi connectivity index (χ4n) is 4.27. The highest BCUT2D eigenvalue weighted by atomic mass is 16.5. The summed E-state index contributed by atoms with van der Waals surface area (Å²) in [5, 5.41) is 0. The molecule has 6 heteroatoms. The summed E-state index contributed by atoms with van der Waals surface area (Å²) in [5.41, 5.74) is 1.34. The SMILES string of the molecule is COc1ccc(CCN2CCC(CN(C)C(=O)CN3CCCCC3=O)CC2)cc1. The molecule has 1 aromatic carbocycles. The smallest absolute Gasteiger partial charge is 0.241 e. The number of ether oxygens (including phenoxy) is 1. The van der Waals surface area contributed by atoms with Crippen molar-refractivity contribution >= 4 is 11.8 Å². The molecule has 0 bridgehead atoms. The summed E-state index contributed by atoms with van der Waals surface area (Å²) in [6, 6.07) is 8.32. The molecule has 2 aliphatic rings. The van der Waals surface area contributed by atoms with Crippen molar-refractivity contribution in [1.29, 1.82) is 0 Å². The predicted molar refractivity (Wildman–Crippen MR) is 114 cm³/mol. The Kier molecular flexibility index (Phi) is 7.92. The van der Waals surface area contributed by atoms with Gasteiger partial charge in [0.1, 0.15) is 5.75 Å². The molecule has 2 aliphatic heterocycles. The van der Waals surface area contributed by atoms with Crippen molar-refractivity contribution in [2.75, 3.05) is 53.4 Å². The Morgan fingerprint density at radius 2 is 1.86 bits per heavy atom. The fourth-order valence-corrected chi connectivity index (χ4v) is 4.27. The van der Waals surface area contributed by atoms with Crippen LogP contribution in [0.2, 0.25) is 0 Å². The van der Waals surface area contributed by atoms with Gasteiger partial charge in [0.15, 0.2) is 0 Å². The average molecular weight is 402 g/mol. The van der Waals surface area contributed by atoms with Gasteiger partial charge in [-0.15, -0.1) is 0 Å². The van der Waals surface area contributed by atoms with Gasteiger partial charge in [0, 0.05) is 33.1 Å². The van der Waals surface area contributed by atoms with Gasteiger partial charge in [-0.1, -0.05) is 12.1 Å². The van der Waals surface area contributed by atoms with Gasteiger partial charge in [-0.25, -0.2) is 0 Å². The summed E-state index contributed by atoms with van der Waals surface area (Å²) in [7, 11) is 3.57. The standard InChI is InChI=1S/C23H35N3O3/c1-24(23(28)18-26-13-4-3-5-22(26)27)17-20-11-15-25(16-12-20)14-10-19-6-8-21(29-2)9-7-19/h6-9,20H,3-5,10-18H2,1-2H3. The number of hydrogen-bond acceptors (Lipinski definition) is 4. The summed E-state index contributed by atoms with van der Waals surface area (Å²) in [6.07, 6.45) is 5.86. The van der Waals surface area contributed by atoms with Crippen LogP contribution in [0, 0.1) is 5.92 Å². The van der Waals surface area contributed by atoms with Crippen LogP contribution in [0.25, 0.3) is 0 Å². The summed E-state index contributed by atoms with van der Waals surface area (Å²) in [5.74, 6) is 1.65. The second-order valence-corrected chi connectivity index (χ2v) is 8.43. The second-order valence-electron chi connectivity index (χ2n) is 8.43. The van der Waals surface area contributed by atoms with Crippen molar-refractivity contribution in [3.63, 3.8) is 0 Å². The zero-order valence-electron chi connectivity index (χ0n) is 17.9. The van der Waals surface area contributed by atoms with Crippen molar-refractivity contribution < 1.29 is 14.3 Å². The van der Waals surface area contributed by atoms with Crippen molar-refractivity contribution in [3.8, 4) is 5.75 Å². The molecule has 2 amide bonds. The normalized spacial score (nSPS) is 18.7. The highest BCUT2D eigenvalue weighted by molar-refractivity contribution is 5.85. The number of carbonyl (C=O) groups excluding carboxylic acids is 2. The molecule has 0 spiro atoms. The molecule has 0 aromatic heterocycles. The van der Waals surface area contributed by atoms with E-state index in [-0.39, 0.29) is 18.4 Å². The molecular formula is C23H35N3O3. The molecular weight excluding hydrogens is 366 g/mol.